The van der Waals surface area contributed by atoms with Gasteiger partial charge in [-0.1, -0.05) is 12.1 Å². The largest absolute Gasteiger partial charge is 0.372 e. The summed E-state index contributed by atoms with van der Waals surface area (Å²) in [5, 5.41) is 3.26. The molecule has 0 aliphatic carbocycles. The molecule has 1 aliphatic rings. The number of anilines is 1. The van der Waals surface area contributed by atoms with Crippen molar-refractivity contribution >= 4 is 11.6 Å². The molecule has 1 amide bonds. The highest BCUT2D eigenvalue weighted by atomic mass is 16.2. The van der Waals surface area contributed by atoms with Gasteiger partial charge in [0.25, 0.3) is 0 Å². The van der Waals surface area contributed by atoms with Crippen LogP contribution in [0.15, 0.2) is 24.3 Å². The van der Waals surface area contributed by atoms with Crippen LogP contribution in [-0.4, -0.2) is 44.0 Å². The fourth-order valence-electron chi connectivity index (χ4n) is 2.55. The number of amides is 1. The molecule has 20 heavy (non-hydrogen) atoms. The molecule has 1 heterocycles. The maximum absolute atomic E-state index is 11.7. The molecule has 4 heteroatoms. The molecule has 110 valence electrons. The lowest BCUT2D eigenvalue weighted by atomic mass is 10.2. The monoisotopic (exact) mass is 275 g/mol. The van der Waals surface area contributed by atoms with Gasteiger partial charge in [0.15, 0.2) is 0 Å². The highest BCUT2D eigenvalue weighted by Crippen LogP contribution is 2.20. The topological polar surface area (TPSA) is 35.6 Å². The van der Waals surface area contributed by atoms with Gasteiger partial charge in [0.05, 0.1) is 6.04 Å². The van der Waals surface area contributed by atoms with Gasteiger partial charge < -0.3 is 15.1 Å². The van der Waals surface area contributed by atoms with Crippen molar-refractivity contribution in [3.8, 4) is 0 Å². The molecule has 2 rings (SSSR count). The Labute approximate surface area is 121 Å². The van der Waals surface area contributed by atoms with Crippen LogP contribution in [0.1, 0.15) is 25.3 Å². The summed E-state index contributed by atoms with van der Waals surface area (Å²) >= 11 is 0. The van der Waals surface area contributed by atoms with E-state index in [1.165, 1.54) is 37.2 Å². The Morgan fingerprint density at radius 3 is 2.40 bits per heavy atom. The summed E-state index contributed by atoms with van der Waals surface area (Å²) in [7, 11) is 3.57. The first-order chi connectivity index (χ1) is 9.58. The first-order valence-electron chi connectivity index (χ1n) is 7.36. The molecule has 1 aromatic carbocycles. The minimum Gasteiger partial charge on any atom is -0.372 e. The smallest absolute Gasteiger partial charge is 0.238 e. The van der Waals surface area contributed by atoms with E-state index in [1.807, 2.05) is 6.92 Å². The summed E-state index contributed by atoms with van der Waals surface area (Å²) in [6.45, 7) is 4.97. The van der Waals surface area contributed by atoms with Gasteiger partial charge in [-0.05, 0) is 37.5 Å². The van der Waals surface area contributed by atoms with Crippen LogP contribution in [-0.2, 0) is 11.3 Å². The van der Waals surface area contributed by atoms with E-state index in [4.69, 9.17) is 0 Å². The van der Waals surface area contributed by atoms with E-state index >= 15 is 0 Å². The number of rotatable bonds is 5. The average Bonchev–Trinajstić information content (AvgIpc) is 2.98. The van der Waals surface area contributed by atoms with Crippen LogP contribution in [0.2, 0.25) is 0 Å². The first-order valence-corrected chi connectivity index (χ1v) is 7.36. The summed E-state index contributed by atoms with van der Waals surface area (Å²) in [5.41, 5.74) is 2.52. The van der Waals surface area contributed by atoms with Crippen molar-refractivity contribution in [3.05, 3.63) is 29.8 Å². The molecule has 1 N–H and O–H groups in total. The van der Waals surface area contributed by atoms with Crippen LogP contribution in [0.25, 0.3) is 0 Å². The number of hydrogen-bond donors (Lipinski definition) is 1. The summed E-state index contributed by atoms with van der Waals surface area (Å²) in [4.78, 5) is 15.8. The number of carbonyl (C=O) groups excluding carboxylic acids is 1. The Bertz CT molecular complexity index is 436. The Balaban J connectivity index is 1.86. The average molecular weight is 275 g/mol. The van der Waals surface area contributed by atoms with Crippen LogP contribution in [0.4, 0.5) is 5.69 Å². The minimum absolute atomic E-state index is 0.110. The highest BCUT2D eigenvalue weighted by molar-refractivity contribution is 5.80. The third-order valence-electron chi connectivity index (χ3n) is 3.83. The van der Waals surface area contributed by atoms with Crippen molar-refractivity contribution in [1.82, 2.24) is 10.2 Å². The summed E-state index contributed by atoms with van der Waals surface area (Å²) in [6, 6.07) is 8.51. The standard InChI is InChI=1S/C16H25N3O/c1-13(16(20)18(2)3)17-12-14-6-8-15(9-7-14)19-10-4-5-11-19/h6-9,13,17H,4-5,10-12H2,1-3H3. The number of benzene rings is 1. The van der Waals surface area contributed by atoms with Crippen LogP contribution in [0.3, 0.4) is 0 Å². The molecule has 1 aromatic rings. The number of carbonyl (C=O) groups is 1. The molecule has 1 aliphatic heterocycles. The number of nitrogens with one attached hydrogen (secondary N) is 1. The van der Waals surface area contributed by atoms with E-state index in [0.29, 0.717) is 0 Å². The SMILES string of the molecule is CC(NCc1ccc(N2CCCC2)cc1)C(=O)N(C)C. The van der Waals surface area contributed by atoms with Crippen LogP contribution < -0.4 is 10.2 Å². The van der Waals surface area contributed by atoms with Gasteiger partial charge in [-0.2, -0.15) is 0 Å². The zero-order valence-corrected chi connectivity index (χ0v) is 12.7. The van der Waals surface area contributed by atoms with Crippen LogP contribution in [0, 0.1) is 0 Å². The van der Waals surface area contributed by atoms with Gasteiger partial charge in [-0.25, -0.2) is 0 Å². The zero-order valence-electron chi connectivity index (χ0n) is 12.7. The second-order valence-corrected chi connectivity index (χ2v) is 5.70. The molecule has 1 unspecified atom stereocenters. The van der Waals surface area contributed by atoms with Gasteiger partial charge in [0, 0.05) is 39.4 Å². The van der Waals surface area contributed by atoms with E-state index in [0.717, 1.165) is 6.54 Å². The van der Waals surface area contributed by atoms with E-state index in [1.54, 1.807) is 19.0 Å². The third kappa shape index (κ3) is 3.73. The van der Waals surface area contributed by atoms with Gasteiger partial charge in [-0.15, -0.1) is 0 Å². The highest BCUT2D eigenvalue weighted by Gasteiger charge is 2.14. The van der Waals surface area contributed by atoms with Crippen molar-refractivity contribution in [2.45, 2.75) is 32.4 Å². The number of likely N-dealkylation sites (N-methyl/N-ethyl adjacent to an activating group) is 1. The maximum Gasteiger partial charge on any atom is 0.238 e. The minimum atomic E-state index is -0.150. The van der Waals surface area contributed by atoms with Crippen molar-refractivity contribution < 1.29 is 4.79 Å². The maximum atomic E-state index is 11.7. The molecule has 1 saturated heterocycles. The van der Waals surface area contributed by atoms with Crippen LogP contribution >= 0.6 is 0 Å². The van der Waals surface area contributed by atoms with Crippen molar-refractivity contribution in [2.75, 3.05) is 32.1 Å². The van der Waals surface area contributed by atoms with Crippen molar-refractivity contribution in [3.63, 3.8) is 0 Å². The zero-order chi connectivity index (χ0) is 14.5. The Kier molecular flexibility index (Phi) is 5.01. The molecule has 4 nitrogen and oxygen atoms in total. The fourth-order valence-corrected chi connectivity index (χ4v) is 2.55. The summed E-state index contributed by atoms with van der Waals surface area (Å²) in [6.07, 6.45) is 2.60. The van der Waals surface area contributed by atoms with Gasteiger partial charge >= 0.3 is 0 Å². The lowest BCUT2D eigenvalue weighted by Gasteiger charge is -2.19. The van der Waals surface area contributed by atoms with Gasteiger partial charge in [-0.3, -0.25) is 4.79 Å². The molecule has 1 atom stereocenters. The predicted molar refractivity (Wildman–Crippen MR) is 82.9 cm³/mol. The Morgan fingerprint density at radius 2 is 1.85 bits per heavy atom. The van der Waals surface area contributed by atoms with E-state index < -0.39 is 0 Å². The molecule has 0 spiro atoms. The molecule has 0 aromatic heterocycles. The lowest BCUT2D eigenvalue weighted by molar-refractivity contribution is -0.130. The number of hydrogen-bond acceptors (Lipinski definition) is 3. The van der Waals surface area contributed by atoms with Crippen molar-refractivity contribution in [1.29, 1.82) is 0 Å². The van der Waals surface area contributed by atoms with Gasteiger partial charge in [0.2, 0.25) is 5.91 Å². The predicted octanol–water partition coefficient (Wildman–Crippen LogP) is 1.85. The van der Waals surface area contributed by atoms with Crippen molar-refractivity contribution in [2.24, 2.45) is 0 Å². The second-order valence-electron chi connectivity index (χ2n) is 5.70. The molecular formula is C16H25N3O. The normalized spacial score (nSPS) is 16.2. The Hall–Kier alpha value is -1.55. The molecule has 0 saturated carbocycles. The number of nitrogens with zero attached hydrogens (tertiary/aromatic N) is 2. The second kappa shape index (κ2) is 6.75. The van der Waals surface area contributed by atoms with E-state index in [2.05, 4.69) is 34.5 Å². The quantitative estimate of drug-likeness (QED) is 0.891. The molecule has 1 fully saturated rings. The third-order valence-corrected chi connectivity index (χ3v) is 3.83. The molecular weight excluding hydrogens is 250 g/mol. The fraction of sp³-hybridized carbons (Fsp3) is 0.562. The van der Waals surface area contributed by atoms with E-state index in [9.17, 15) is 4.79 Å². The Morgan fingerprint density at radius 1 is 1.25 bits per heavy atom. The summed E-state index contributed by atoms with van der Waals surface area (Å²) < 4.78 is 0. The van der Waals surface area contributed by atoms with Crippen LogP contribution in [0.5, 0.6) is 0 Å². The van der Waals surface area contributed by atoms with E-state index in [-0.39, 0.29) is 11.9 Å². The molecule has 0 radical (unpaired) electrons. The summed E-state index contributed by atoms with van der Waals surface area (Å²) in [5.74, 6) is 0.110. The first kappa shape index (κ1) is 14.9. The molecule has 0 bridgehead atoms. The lowest BCUT2D eigenvalue weighted by Crippen LogP contribution is -2.41. The van der Waals surface area contributed by atoms with Gasteiger partial charge in [0.1, 0.15) is 0 Å².